The van der Waals surface area contributed by atoms with Crippen LogP contribution < -0.4 is 0 Å². The Morgan fingerprint density at radius 1 is 1.70 bits per heavy atom. The molecule has 0 aromatic heterocycles. The maximum atomic E-state index is 9.03. The molecule has 1 unspecified atom stereocenters. The predicted molar refractivity (Wildman–Crippen MR) is 39.1 cm³/mol. The molecule has 10 heavy (non-hydrogen) atoms. The summed E-state index contributed by atoms with van der Waals surface area (Å²) in [6.45, 7) is 6.18. The molecule has 0 amide bonds. The van der Waals surface area contributed by atoms with Gasteiger partial charge in [0.1, 0.15) is 12.7 Å². The average Bonchev–Trinajstić information content (AvgIpc) is 2.10. The second kappa shape index (κ2) is 2.23. The quantitative estimate of drug-likeness (QED) is 0.583. The number of aliphatic hydroxyl groups excluding tert-OH is 1. The fourth-order valence-corrected chi connectivity index (χ4v) is 0.827. The summed E-state index contributed by atoms with van der Waals surface area (Å²) in [5.74, 6) is 0.463. The molecule has 0 aliphatic carbocycles. The molecule has 1 atom stereocenters. The molecule has 0 aromatic carbocycles. The first-order chi connectivity index (χ1) is 4.51. The van der Waals surface area contributed by atoms with Gasteiger partial charge in [0, 0.05) is 0 Å². The number of aliphatic hydroxyl groups is 1. The van der Waals surface area contributed by atoms with E-state index in [1.807, 2.05) is 13.8 Å². The van der Waals surface area contributed by atoms with E-state index in [0.717, 1.165) is 0 Å². The molecule has 0 aromatic rings. The maximum absolute atomic E-state index is 9.03. The minimum absolute atomic E-state index is 0.147. The van der Waals surface area contributed by atoms with Crippen molar-refractivity contribution in [3.63, 3.8) is 0 Å². The van der Waals surface area contributed by atoms with Crippen molar-refractivity contribution in [3.8, 4) is 0 Å². The fourth-order valence-electron chi connectivity index (χ4n) is 0.827. The Balaban J connectivity index is 2.66. The van der Waals surface area contributed by atoms with Crippen molar-refractivity contribution in [2.24, 2.45) is 4.99 Å². The summed E-state index contributed by atoms with van der Waals surface area (Å²) in [6.07, 6.45) is -0.568. The zero-order chi connectivity index (χ0) is 7.78. The van der Waals surface area contributed by atoms with Crippen LogP contribution in [-0.2, 0) is 4.74 Å². The van der Waals surface area contributed by atoms with E-state index in [1.54, 1.807) is 6.92 Å². The minimum atomic E-state index is -0.568. The average molecular weight is 143 g/mol. The second-order valence-corrected chi connectivity index (χ2v) is 3.23. The SMILES string of the molecule is CC(O)C1=NC(C)(C)CO1. The first-order valence-corrected chi connectivity index (χ1v) is 3.42. The summed E-state index contributed by atoms with van der Waals surface area (Å²) in [5.41, 5.74) is -0.147. The van der Waals surface area contributed by atoms with E-state index in [2.05, 4.69) is 4.99 Å². The van der Waals surface area contributed by atoms with Crippen LogP contribution >= 0.6 is 0 Å². The Bertz CT molecular complexity index is 161. The van der Waals surface area contributed by atoms with E-state index >= 15 is 0 Å². The Kier molecular flexibility index (Phi) is 1.68. The van der Waals surface area contributed by atoms with E-state index in [9.17, 15) is 0 Å². The zero-order valence-corrected chi connectivity index (χ0v) is 6.59. The number of hydrogen-bond acceptors (Lipinski definition) is 3. The van der Waals surface area contributed by atoms with Gasteiger partial charge in [0.2, 0.25) is 5.90 Å². The Morgan fingerprint density at radius 3 is 2.50 bits per heavy atom. The lowest BCUT2D eigenvalue weighted by atomic mass is 10.1. The van der Waals surface area contributed by atoms with Gasteiger partial charge >= 0.3 is 0 Å². The number of aliphatic imine (C=N–C) groups is 1. The van der Waals surface area contributed by atoms with E-state index in [0.29, 0.717) is 12.5 Å². The predicted octanol–water partition coefficient (Wildman–Crippen LogP) is 0.574. The van der Waals surface area contributed by atoms with Gasteiger partial charge in [-0.05, 0) is 20.8 Å². The summed E-state index contributed by atoms with van der Waals surface area (Å²) < 4.78 is 5.13. The highest BCUT2D eigenvalue weighted by molar-refractivity contribution is 5.82. The van der Waals surface area contributed by atoms with Crippen LogP contribution in [0.5, 0.6) is 0 Å². The minimum Gasteiger partial charge on any atom is -0.477 e. The van der Waals surface area contributed by atoms with Gasteiger partial charge in [0.15, 0.2) is 0 Å². The van der Waals surface area contributed by atoms with Crippen molar-refractivity contribution < 1.29 is 9.84 Å². The molecule has 1 aliphatic rings. The molecule has 0 saturated heterocycles. The van der Waals surface area contributed by atoms with Crippen LogP contribution in [0, 0.1) is 0 Å². The van der Waals surface area contributed by atoms with Crippen LogP contribution in [0.3, 0.4) is 0 Å². The Morgan fingerprint density at radius 2 is 2.30 bits per heavy atom. The molecule has 1 rings (SSSR count). The van der Waals surface area contributed by atoms with Gasteiger partial charge in [0.05, 0.1) is 5.54 Å². The van der Waals surface area contributed by atoms with Crippen molar-refractivity contribution >= 4 is 5.90 Å². The molecule has 0 radical (unpaired) electrons. The van der Waals surface area contributed by atoms with Gasteiger partial charge in [-0.25, -0.2) is 4.99 Å². The number of nitrogens with zero attached hydrogens (tertiary/aromatic N) is 1. The second-order valence-electron chi connectivity index (χ2n) is 3.23. The first-order valence-electron chi connectivity index (χ1n) is 3.42. The molecule has 0 spiro atoms. The molecule has 0 saturated carbocycles. The summed E-state index contributed by atoms with van der Waals surface area (Å²) in [6, 6.07) is 0. The van der Waals surface area contributed by atoms with Crippen molar-refractivity contribution in [2.45, 2.75) is 32.4 Å². The Hall–Kier alpha value is -0.570. The van der Waals surface area contributed by atoms with Gasteiger partial charge in [0.25, 0.3) is 0 Å². The number of hydrogen-bond donors (Lipinski definition) is 1. The topological polar surface area (TPSA) is 41.8 Å². The summed E-state index contributed by atoms with van der Waals surface area (Å²) in [5, 5.41) is 9.03. The molecule has 0 bridgehead atoms. The highest BCUT2D eigenvalue weighted by Gasteiger charge is 2.27. The molecule has 3 heteroatoms. The molecule has 1 aliphatic heterocycles. The number of rotatable bonds is 1. The maximum Gasteiger partial charge on any atom is 0.213 e. The monoisotopic (exact) mass is 143 g/mol. The van der Waals surface area contributed by atoms with Crippen LogP contribution in [0.4, 0.5) is 0 Å². The summed E-state index contributed by atoms with van der Waals surface area (Å²) in [4.78, 5) is 4.16. The van der Waals surface area contributed by atoms with Crippen molar-refractivity contribution in [1.82, 2.24) is 0 Å². The molecule has 1 N–H and O–H groups in total. The lowest BCUT2D eigenvalue weighted by Gasteiger charge is -2.07. The smallest absolute Gasteiger partial charge is 0.213 e. The van der Waals surface area contributed by atoms with Gasteiger partial charge in [-0.15, -0.1) is 0 Å². The normalized spacial score (nSPS) is 25.4. The molecule has 1 heterocycles. The van der Waals surface area contributed by atoms with E-state index in [4.69, 9.17) is 9.84 Å². The van der Waals surface area contributed by atoms with E-state index in [-0.39, 0.29) is 5.54 Å². The van der Waals surface area contributed by atoms with Crippen LogP contribution in [0.25, 0.3) is 0 Å². The molecule has 3 nitrogen and oxygen atoms in total. The highest BCUT2D eigenvalue weighted by Crippen LogP contribution is 2.17. The van der Waals surface area contributed by atoms with Gasteiger partial charge in [-0.1, -0.05) is 0 Å². The van der Waals surface area contributed by atoms with Crippen LogP contribution in [0.1, 0.15) is 20.8 Å². The lowest BCUT2D eigenvalue weighted by molar-refractivity contribution is 0.204. The third kappa shape index (κ3) is 1.48. The lowest BCUT2D eigenvalue weighted by Crippen LogP contribution is -2.17. The molecular formula is C7H13NO2. The van der Waals surface area contributed by atoms with E-state index in [1.165, 1.54) is 0 Å². The van der Waals surface area contributed by atoms with Crippen molar-refractivity contribution in [2.75, 3.05) is 6.61 Å². The van der Waals surface area contributed by atoms with Gasteiger partial charge in [-0.2, -0.15) is 0 Å². The third-order valence-electron chi connectivity index (χ3n) is 1.34. The zero-order valence-electron chi connectivity index (χ0n) is 6.59. The van der Waals surface area contributed by atoms with Crippen LogP contribution in [0.2, 0.25) is 0 Å². The largest absolute Gasteiger partial charge is 0.477 e. The standard InChI is InChI=1S/C7H13NO2/c1-5(9)6-8-7(2,3)4-10-6/h5,9H,4H2,1-3H3. The van der Waals surface area contributed by atoms with Crippen molar-refractivity contribution in [3.05, 3.63) is 0 Å². The van der Waals surface area contributed by atoms with E-state index < -0.39 is 6.10 Å². The van der Waals surface area contributed by atoms with Crippen LogP contribution in [0.15, 0.2) is 4.99 Å². The molecular weight excluding hydrogens is 130 g/mol. The Labute approximate surface area is 60.7 Å². The highest BCUT2D eigenvalue weighted by atomic mass is 16.5. The van der Waals surface area contributed by atoms with Gasteiger partial charge in [-0.3, -0.25) is 0 Å². The first kappa shape index (κ1) is 7.54. The summed E-state index contributed by atoms with van der Waals surface area (Å²) in [7, 11) is 0. The number of ether oxygens (including phenoxy) is 1. The van der Waals surface area contributed by atoms with Gasteiger partial charge < -0.3 is 9.84 Å². The summed E-state index contributed by atoms with van der Waals surface area (Å²) >= 11 is 0. The molecule has 0 fully saturated rings. The molecule has 58 valence electrons. The fraction of sp³-hybridized carbons (Fsp3) is 0.857. The third-order valence-corrected chi connectivity index (χ3v) is 1.34. The van der Waals surface area contributed by atoms with Crippen LogP contribution in [-0.4, -0.2) is 29.3 Å². The van der Waals surface area contributed by atoms with Crippen molar-refractivity contribution in [1.29, 1.82) is 0 Å².